The van der Waals surface area contributed by atoms with Crippen molar-refractivity contribution in [1.82, 2.24) is 0 Å². The Bertz CT molecular complexity index is 319. The van der Waals surface area contributed by atoms with E-state index in [2.05, 4.69) is 33.4 Å². The van der Waals surface area contributed by atoms with Crippen molar-refractivity contribution in [2.45, 2.75) is 32.4 Å². The fourth-order valence-corrected chi connectivity index (χ4v) is 0.706. The molecular weight excluding hydrogens is 160 g/mol. The van der Waals surface area contributed by atoms with Crippen molar-refractivity contribution in [1.29, 1.82) is 0 Å². The first-order chi connectivity index (χ1) is 6.24. The van der Waals surface area contributed by atoms with Gasteiger partial charge in [-0.2, -0.15) is 0 Å². The van der Waals surface area contributed by atoms with Gasteiger partial charge in [-0.15, -0.1) is 11.8 Å². The zero-order valence-electron chi connectivity index (χ0n) is 7.81. The van der Waals surface area contributed by atoms with Gasteiger partial charge < -0.3 is 0 Å². The van der Waals surface area contributed by atoms with Crippen molar-refractivity contribution in [3.63, 3.8) is 0 Å². The lowest BCUT2D eigenvalue weighted by Crippen LogP contribution is -2.17. The van der Waals surface area contributed by atoms with E-state index in [1.165, 1.54) is 0 Å². The van der Waals surface area contributed by atoms with Gasteiger partial charge in [0.2, 0.25) is 0 Å². The standard InChI is InChI=1S/C11H10N2/c1-5-7-9-11(12-3,13-4)10-8-6-2/h9-10H2,1-2H3. The molecule has 13 heavy (non-hydrogen) atoms. The smallest absolute Gasteiger partial charge is 0.229 e. The molecule has 0 heterocycles. The van der Waals surface area contributed by atoms with Crippen LogP contribution in [0.5, 0.6) is 0 Å². The first-order valence-electron chi connectivity index (χ1n) is 3.81. The van der Waals surface area contributed by atoms with Crippen molar-refractivity contribution in [2.24, 2.45) is 0 Å². The quantitative estimate of drug-likeness (QED) is 0.444. The minimum atomic E-state index is -1.08. The molecule has 0 aromatic rings. The predicted octanol–water partition coefficient (Wildman–Crippen LogP) is 2.35. The number of rotatable bonds is 2. The minimum Gasteiger partial charge on any atom is -0.229 e. The van der Waals surface area contributed by atoms with Crippen LogP contribution in [0.2, 0.25) is 0 Å². The fraction of sp³-hybridized carbons (Fsp3) is 0.455. The summed E-state index contributed by atoms with van der Waals surface area (Å²) in [5, 5.41) is 0. The maximum absolute atomic E-state index is 6.94. The Labute approximate surface area is 79.6 Å². The van der Waals surface area contributed by atoms with Crippen molar-refractivity contribution in [3.8, 4) is 23.7 Å². The first kappa shape index (κ1) is 11.1. The van der Waals surface area contributed by atoms with E-state index >= 15 is 0 Å². The Morgan fingerprint density at radius 1 is 1.00 bits per heavy atom. The lowest BCUT2D eigenvalue weighted by Gasteiger charge is -2.01. The Balaban J connectivity index is 4.67. The largest absolute Gasteiger partial charge is 0.504 e. The van der Waals surface area contributed by atoms with E-state index in [-0.39, 0.29) is 12.8 Å². The highest BCUT2D eigenvalue weighted by Gasteiger charge is 2.41. The van der Waals surface area contributed by atoms with Crippen molar-refractivity contribution >= 4 is 0 Å². The van der Waals surface area contributed by atoms with E-state index < -0.39 is 5.66 Å². The van der Waals surface area contributed by atoms with Crippen LogP contribution in [0.1, 0.15) is 26.7 Å². The molecule has 0 unspecified atom stereocenters. The van der Waals surface area contributed by atoms with Crippen LogP contribution < -0.4 is 0 Å². The molecule has 0 atom stereocenters. The van der Waals surface area contributed by atoms with E-state index in [4.69, 9.17) is 13.1 Å². The highest BCUT2D eigenvalue weighted by molar-refractivity contribution is 5.19. The Morgan fingerprint density at radius 3 is 1.62 bits per heavy atom. The average Bonchev–Trinajstić information content (AvgIpc) is 2.20. The van der Waals surface area contributed by atoms with Gasteiger partial charge in [-0.3, -0.25) is 0 Å². The zero-order chi connectivity index (χ0) is 10.2. The summed E-state index contributed by atoms with van der Waals surface area (Å²) >= 11 is 0. The molecule has 0 aliphatic heterocycles. The molecule has 0 spiro atoms. The van der Waals surface area contributed by atoms with Crippen LogP contribution in [0.15, 0.2) is 0 Å². The summed E-state index contributed by atoms with van der Waals surface area (Å²) in [5.41, 5.74) is -1.08. The summed E-state index contributed by atoms with van der Waals surface area (Å²) in [5.74, 6) is 10.9. The van der Waals surface area contributed by atoms with Gasteiger partial charge in [-0.1, -0.05) is 11.8 Å². The topological polar surface area (TPSA) is 8.72 Å². The third-order valence-electron chi connectivity index (χ3n) is 1.51. The van der Waals surface area contributed by atoms with Gasteiger partial charge in [0.15, 0.2) is 12.8 Å². The van der Waals surface area contributed by atoms with Crippen molar-refractivity contribution in [3.05, 3.63) is 22.8 Å². The lowest BCUT2D eigenvalue weighted by molar-refractivity contribution is 0.651. The SMILES string of the molecule is [C-]#[N+]C(CC#CC)(CC#CC)[N+]#[C-]. The van der Waals surface area contributed by atoms with Gasteiger partial charge in [0, 0.05) is 0 Å². The van der Waals surface area contributed by atoms with Crippen LogP contribution in [0.3, 0.4) is 0 Å². The minimum absolute atomic E-state index is 0.283. The third kappa shape index (κ3) is 3.33. The molecule has 2 nitrogen and oxygen atoms in total. The monoisotopic (exact) mass is 170 g/mol. The van der Waals surface area contributed by atoms with Gasteiger partial charge >= 0.3 is 5.66 Å². The van der Waals surface area contributed by atoms with E-state index in [9.17, 15) is 0 Å². The van der Waals surface area contributed by atoms with Crippen LogP contribution in [-0.2, 0) is 0 Å². The number of nitrogens with zero attached hydrogens (tertiary/aromatic N) is 2. The molecule has 0 N–H and O–H groups in total. The molecule has 0 aliphatic rings. The van der Waals surface area contributed by atoms with Crippen LogP contribution in [-0.4, -0.2) is 5.66 Å². The second kappa shape index (κ2) is 5.71. The Kier molecular flexibility index (Phi) is 4.88. The van der Waals surface area contributed by atoms with E-state index in [1.807, 2.05) is 0 Å². The summed E-state index contributed by atoms with van der Waals surface area (Å²) in [7, 11) is 0. The van der Waals surface area contributed by atoms with Crippen LogP contribution in [0.4, 0.5) is 0 Å². The summed E-state index contributed by atoms with van der Waals surface area (Å²) in [4.78, 5) is 6.61. The molecule has 0 aromatic heterocycles. The van der Waals surface area contributed by atoms with E-state index in [0.717, 1.165) is 0 Å². The molecule has 64 valence electrons. The average molecular weight is 170 g/mol. The molecule has 0 saturated heterocycles. The normalized spacial score (nSPS) is 8.00. The fourth-order valence-electron chi connectivity index (χ4n) is 0.706. The molecule has 0 rings (SSSR count). The van der Waals surface area contributed by atoms with E-state index in [1.54, 1.807) is 13.8 Å². The van der Waals surface area contributed by atoms with Crippen LogP contribution >= 0.6 is 0 Å². The summed E-state index contributed by atoms with van der Waals surface area (Å²) in [6.45, 7) is 17.3. The highest BCUT2D eigenvalue weighted by atomic mass is 15.0. The maximum Gasteiger partial charge on any atom is 0.504 e. The van der Waals surface area contributed by atoms with E-state index in [0.29, 0.717) is 0 Å². The molecule has 0 fully saturated rings. The van der Waals surface area contributed by atoms with Gasteiger partial charge in [-0.25, -0.2) is 22.8 Å². The summed E-state index contributed by atoms with van der Waals surface area (Å²) in [6, 6.07) is 0. The molecule has 0 aromatic carbocycles. The highest BCUT2D eigenvalue weighted by Crippen LogP contribution is 2.21. The van der Waals surface area contributed by atoms with Crippen LogP contribution in [0.25, 0.3) is 9.69 Å². The summed E-state index contributed by atoms with van der Waals surface area (Å²) < 4.78 is 0. The van der Waals surface area contributed by atoms with Crippen LogP contribution in [0, 0.1) is 36.8 Å². The maximum atomic E-state index is 6.94. The molecule has 0 radical (unpaired) electrons. The number of hydrogen-bond donors (Lipinski definition) is 0. The molecular formula is C11H10N2. The molecule has 0 aliphatic carbocycles. The third-order valence-corrected chi connectivity index (χ3v) is 1.51. The lowest BCUT2D eigenvalue weighted by atomic mass is 10.0. The molecule has 0 bridgehead atoms. The van der Waals surface area contributed by atoms with Gasteiger partial charge in [0.05, 0.1) is 0 Å². The number of hydrogen-bond acceptors (Lipinski definition) is 0. The van der Waals surface area contributed by atoms with Gasteiger partial charge in [-0.05, 0) is 13.8 Å². The second-order valence-corrected chi connectivity index (χ2v) is 2.41. The Morgan fingerprint density at radius 2 is 1.38 bits per heavy atom. The summed E-state index contributed by atoms with van der Waals surface area (Å²) in [6.07, 6.45) is 0.566. The zero-order valence-corrected chi connectivity index (χ0v) is 7.81. The predicted molar refractivity (Wildman–Crippen MR) is 52.1 cm³/mol. The molecule has 0 saturated carbocycles. The van der Waals surface area contributed by atoms with Gasteiger partial charge in [0.1, 0.15) is 0 Å². The first-order valence-corrected chi connectivity index (χ1v) is 3.81. The van der Waals surface area contributed by atoms with Gasteiger partial charge in [0.25, 0.3) is 0 Å². The molecule has 2 heteroatoms. The molecule has 0 amide bonds. The second-order valence-electron chi connectivity index (χ2n) is 2.41. The van der Waals surface area contributed by atoms with Crippen molar-refractivity contribution in [2.75, 3.05) is 0 Å². The Hall–Kier alpha value is -1.90. The van der Waals surface area contributed by atoms with Crippen molar-refractivity contribution < 1.29 is 0 Å².